The van der Waals surface area contributed by atoms with Gasteiger partial charge in [-0.15, -0.1) is 0 Å². The zero-order chi connectivity index (χ0) is 19.4. The van der Waals surface area contributed by atoms with Crippen LogP contribution in [-0.4, -0.2) is 27.3 Å². The van der Waals surface area contributed by atoms with E-state index in [9.17, 15) is 20.0 Å². The van der Waals surface area contributed by atoms with Crippen LogP contribution in [-0.2, 0) is 0 Å². The molecule has 1 heterocycles. The number of carbonyl (C=O) groups is 1. The number of rotatable bonds is 5. The van der Waals surface area contributed by atoms with Gasteiger partial charge in [-0.2, -0.15) is 5.10 Å². The van der Waals surface area contributed by atoms with Gasteiger partial charge in [0.05, 0.1) is 11.1 Å². The fourth-order valence-corrected chi connectivity index (χ4v) is 2.42. The molecule has 0 spiro atoms. The number of carbonyl (C=O) groups excluding carboxylic acids is 1. The molecule has 0 aliphatic heterocycles. The van der Waals surface area contributed by atoms with Crippen molar-refractivity contribution < 1.29 is 19.3 Å². The van der Waals surface area contributed by atoms with Crippen molar-refractivity contribution in [3.63, 3.8) is 0 Å². The molecule has 0 atom stereocenters. The summed E-state index contributed by atoms with van der Waals surface area (Å²) in [6, 6.07) is 12.8. The number of nitro groups is 1. The topological polar surface area (TPSA) is 131 Å². The van der Waals surface area contributed by atoms with Crippen LogP contribution in [0.4, 0.5) is 5.69 Å². The summed E-state index contributed by atoms with van der Waals surface area (Å²) in [5, 5.41) is 28.0. The normalized spacial score (nSPS) is 10.9. The minimum Gasteiger partial charge on any atom is -0.502 e. The van der Waals surface area contributed by atoms with E-state index in [1.807, 2.05) is 18.2 Å². The number of hydrazone groups is 1. The molecule has 0 saturated carbocycles. The van der Waals surface area contributed by atoms with Crippen LogP contribution in [0, 0.1) is 17.0 Å². The molecule has 2 aromatic carbocycles. The molecule has 1 aromatic heterocycles. The molecular formula is C18H14N4O5. The van der Waals surface area contributed by atoms with E-state index in [0.717, 1.165) is 11.6 Å². The Kier molecular flexibility index (Phi) is 4.93. The number of hydrogen-bond donors (Lipinski definition) is 2. The highest BCUT2D eigenvalue weighted by Gasteiger charge is 2.21. The number of aromatic hydroxyl groups is 1. The van der Waals surface area contributed by atoms with Gasteiger partial charge in [0.15, 0.2) is 5.75 Å². The number of aryl methyl sites for hydroxylation is 1. The molecule has 3 rings (SSSR count). The van der Waals surface area contributed by atoms with Crippen LogP contribution in [0.3, 0.4) is 0 Å². The third-order valence-corrected chi connectivity index (χ3v) is 3.71. The second-order valence-electron chi connectivity index (χ2n) is 5.53. The van der Waals surface area contributed by atoms with Crippen LogP contribution in [0.1, 0.15) is 21.7 Å². The molecule has 0 fully saturated rings. The van der Waals surface area contributed by atoms with Crippen LogP contribution in [0.25, 0.3) is 11.3 Å². The van der Waals surface area contributed by atoms with Crippen LogP contribution < -0.4 is 5.43 Å². The number of aromatic nitrogens is 1. The number of amides is 1. The Morgan fingerprint density at radius 1 is 1.30 bits per heavy atom. The first kappa shape index (κ1) is 17.8. The molecule has 2 N–H and O–H groups in total. The Labute approximate surface area is 153 Å². The molecule has 27 heavy (non-hydrogen) atoms. The van der Waals surface area contributed by atoms with Gasteiger partial charge in [-0.1, -0.05) is 35.5 Å². The summed E-state index contributed by atoms with van der Waals surface area (Å²) in [5.74, 6) is -0.646. The Hall–Kier alpha value is -4.01. The predicted octanol–water partition coefficient (Wildman–Crippen LogP) is 3.03. The van der Waals surface area contributed by atoms with E-state index in [1.165, 1.54) is 18.3 Å². The smallest absolute Gasteiger partial charge is 0.311 e. The minimum absolute atomic E-state index is 0.245. The lowest BCUT2D eigenvalue weighted by atomic mass is 10.1. The first-order chi connectivity index (χ1) is 13.0. The minimum atomic E-state index is -0.710. The van der Waals surface area contributed by atoms with Gasteiger partial charge < -0.3 is 9.63 Å². The zero-order valence-electron chi connectivity index (χ0n) is 14.1. The number of phenols is 1. The lowest BCUT2D eigenvalue weighted by molar-refractivity contribution is -0.385. The summed E-state index contributed by atoms with van der Waals surface area (Å²) in [5.41, 5.74) is 3.59. The monoisotopic (exact) mass is 366 g/mol. The van der Waals surface area contributed by atoms with Crippen molar-refractivity contribution in [3.05, 3.63) is 75.5 Å². The standard InChI is InChI=1S/C18H14N4O5/c1-11-16(17(21-27-11)13-5-3-2-4-6-13)18(24)20-19-10-12-7-8-15(23)14(9-12)22(25)26/h2-10,23H,1H3,(H,20,24)/b19-10-. The van der Waals surface area contributed by atoms with Crippen LogP contribution >= 0.6 is 0 Å². The number of nitrogens with one attached hydrogen (secondary N) is 1. The number of nitro benzene ring substituents is 1. The van der Waals surface area contributed by atoms with Gasteiger partial charge in [0.25, 0.3) is 5.91 Å². The van der Waals surface area contributed by atoms with E-state index >= 15 is 0 Å². The van der Waals surface area contributed by atoms with Crippen molar-refractivity contribution in [3.8, 4) is 17.0 Å². The van der Waals surface area contributed by atoms with Crippen molar-refractivity contribution in [1.29, 1.82) is 0 Å². The van der Waals surface area contributed by atoms with Gasteiger partial charge in [-0.3, -0.25) is 14.9 Å². The Bertz CT molecular complexity index is 1030. The molecule has 3 aromatic rings. The second kappa shape index (κ2) is 7.48. The first-order valence-electron chi connectivity index (χ1n) is 7.80. The Balaban J connectivity index is 1.79. The van der Waals surface area contributed by atoms with Crippen LogP contribution in [0.5, 0.6) is 5.75 Å². The summed E-state index contributed by atoms with van der Waals surface area (Å²) < 4.78 is 5.13. The van der Waals surface area contributed by atoms with Gasteiger partial charge in [0, 0.05) is 17.2 Å². The Morgan fingerprint density at radius 2 is 2.04 bits per heavy atom. The molecule has 0 aliphatic rings. The van der Waals surface area contributed by atoms with Gasteiger partial charge >= 0.3 is 5.69 Å². The molecule has 0 aliphatic carbocycles. The van der Waals surface area contributed by atoms with Gasteiger partial charge in [0.1, 0.15) is 17.0 Å². The Morgan fingerprint density at radius 3 is 2.74 bits per heavy atom. The maximum absolute atomic E-state index is 12.5. The van der Waals surface area contributed by atoms with E-state index < -0.39 is 22.3 Å². The third kappa shape index (κ3) is 3.82. The summed E-state index contributed by atoms with van der Waals surface area (Å²) in [6.45, 7) is 1.61. The summed E-state index contributed by atoms with van der Waals surface area (Å²) in [7, 11) is 0. The highest BCUT2D eigenvalue weighted by Crippen LogP contribution is 2.26. The molecule has 1 amide bonds. The maximum atomic E-state index is 12.5. The number of nitrogens with zero attached hydrogens (tertiary/aromatic N) is 3. The quantitative estimate of drug-likeness (QED) is 0.405. The average molecular weight is 366 g/mol. The molecular weight excluding hydrogens is 352 g/mol. The largest absolute Gasteiger partial charge is 0.502 e. The number of benzene rings is 2. The number of phenolic OH excluding ortho intramolecular Hbond substituents is 1. The molecule has 136 valence electrons. The molecule has 9 nitrogen and oxygen atoms in total. The van der Waals surface area contributed by atoms with Crippen molar-refractivity contribution in [2.75, 3.05) is 0 Å². The second-order valence-corrected chi connectivity index (χ2v) is 5.53. The van der Waals surface area contributed by atoms with Crippen molar-refractivity contribution in [1.82, 2.24) is 10.6 Å². The van der Waals surface area contributed by atoms with Crippen molar-refractivity contribution >= 4 is 17.8 Å². The molecule has 9 heteroatoms. The first-order valence-corrected chi connectivity index (χ1v) is 7.80. The maximum Gasteiger partial charge on any atom is 0.311 e. The zero-order valence-corrected chi connectivity index (χ0v) is 14.1. The van der Waals surface area contributed by atoms with E-state index in [1.54, 1.807) is 19.1 Å². The molecule has 0 radical (unpaired) electrons. The van der Waals surface area contributed by atoms with Crippen LogP contribution in [0.15, 0.2) is 58.2 Å². The molecule has 0 unspecified atom stereocenters. The van der Waals surface area contributed by atoms with Crippen LogP contribution in [0.2, 0.25) is 0 Å². The third-order valence-electron chi connectivity index (χ3n) is 3.71. The lowest BCUT2D eigenvalue weighted by Crippen LogP contribution is -2.18. The summed E-state index contributed by atoms with van der Waals surface area (Å²) >= 11 is 0. The van der Waals surface area contributed by atoms with Crippen molar-refractivity contribution in [2.24, 2.45) is 5.10 Å². The van der Waals surface area contributed by atoms with E-state index in [0.29, 0.717) is 17.0 Å². The predicted molar refractivity (Wildman–Crippen MR) is 96.5 cm³/mol. The SMILES string of the molecule is Cc1onc(-c2ccccc2)c1C(=O)N/N=C\c1ccc(O)c([N+](=O)[O-])c1. The van der Waals surface area contributed by atoms with E-state index in [2.05, 4.69) is 15.7 Å². The van der Waals surface area contributed by atoms with E-state index in [4.69, 9.17) is 4.52 Å². The van der Waals surface area contributed by atoms with Crippen molar-refractivity contribution in [2.45, 2.75) is 6.92 Å². The van der Waals surface area contributed by atoms with Gasteiger partial charge in [-0.25, -0.2) is 5.43 Å². The highest BCUT2D eigenvalue weighted by molar-refractivity contribution is 6.01. The lowest BCUT2D eigenvalue weighted by Gasteiger charge is -2.02. The fraction of sp³-hybridized carbons (Fsp3) is 0.0556. The highest BCUT2D eigenvalue weighted by atomic mass is 16.6. The van der Waals surface area contributed by atoms with E-state index in [-0.39, 0.29) is 5.56 Å². The molecule has 0 bridgehead atoms. The fourth-order valence-electron chi connectivity index (χ4n) is 2.42. The van der Waals surface area contributed by atoms with Gasteiger partial charge in [0.2, 0.25) is 0 Å². The summed E-state index contributed by atoms with van der Waals surface area (Å²) in [6.07, 6.45) is 1.23. The molecule has 0 saturated heterocycles. The van der Waals surface area contributed by atoms with Gasteiger partial charge in [-0.05, 0) is 19.1 Å². The summed E-state index contributed by atoms with van der Waals surface area (Å²) in [4.78, 5) is 22.6. The average Bonchev–Trinajstić information content (AvgIpc) is 3.05. The number of hydrogen-bond acceptors (Lipinski definition) is 7.